The van der Waals surface area contributed by atoms with Crippen LogP contribution < -0.4 is 0 Å². The molecule has 0 spiro atoms. The summed E-state index contributed by atoms with van der Waals surface area (Å²) in [5.41, 5.74) is -0.360. The van der Waals surface area contributed by atoms with Gasteiger partial charge in [-0.05, 0) is 39.5 Å². The van der Waals surface area contributed by atoms with E-state index < -0.39 is 0 Å². The second-order valence-electron chi connectivity index (χ2n) is 4.44. The maximum Gasteiger partial charge on any atom is 0.311 e. The summed E-state index contributed by atoms with van der Waals surface area (Å²) in [5, 5.41) is 0. The molecule has 0 bridgehead atoms. The number of carbonyl (C=O) groups is 2. The normalized spacial score (nSPS) is 32.4. The molecule has 3 nitrogen and oxygen atoms in total. The van der Waals surface area contributed by atoms with E-state index in [1.807, 2.05) is 6.92 Å². The van der Waals surface area contributed by atoms with Crippen molar-refractivity contribution >= 4 is 11.8 Å². The van der Waals surface area contributed by atoms with Crippen molar-refractivity contribution in [1.82, 2.24) is 0 Å². The summed E-state index contributed by atoms with van der Waals surface area (Å²) in [4.78, 5) is 22.6. The zero-order valence-electron chi connectivity index (χ0n) is 9.13. The van der Waals surface area contributed by atoms with Gasteiger partial charge in [-0.25, -0.2) is 0 Å². The first kappa shape index (κ1) is 11.2. The van der Waals surface area contributed by atoms with Gasteiger partial charge in [0, 0.05) is 5.92 Å². The fourth-order valence-electron chi connectivity index (χ4n) is 2.11. The van der Waals surface area contributed by atoms with Crippen LogP contribution in [0, 0.1) is 11.3 Å². The Morgan fingerprint density at radius 2 is 1.79 bits per heavy atom. The summed E-state index contributed by atoms with van der Waals surface area (Å²) in [5.74, 6) is 0.268. The van der Waals surface area contributed by atoms with Crippen molar-refractivity contribution in [1.29, 1.82) is 0 Å². The second-order valence-corrected chi connectivity index (χ2v) is 4.44. The maximum absolute atomic E-state index is 11.5. The van der Waals surface area contributed by atoms with E-state index in [9.17, 15) is 9.59 Å². The van der Waals surface area contributed by atoms with E-state index in [0.717, 1.165) is 25.7 Å². The first-order valence-corrected chi connectivity index (χ1v) is 5.08. The number of hydrogen-bond acceptors (Lipinski definition) is 3. The van der Waals surface area contributed by atoms with Gasteiger partial charge in [-0.1, -0.05) is 0 Å². The van der Waals surface area contributed by atoms with Gasteiger partial charge in [-0.2, -0.15) is 0 Å². The van der Waals surface area contributed by atoms with Crippen molar-refractivity contribution in [2.24, 2.45) is 11.3 Å². The Labute approximate surface area is 84.8 Å². The minimum absolute atomic E-state index is 0.139. The zero-order chi connectivity index (χ0) is 10.8. The highest BCUT2D eigenvalue weighted by atomic mass is 16.5. The molecule has 0 aromatic heterocycles. The van der Waals surface area contributed by atoms with Crippen LogP contribution in [0.4, 0.5) is 0 Å². The van der Waals surface area contributed by atoms with Crippen molar-refractivity contribution in [3.63, 3.8) is 0 Å². The van der Waals surface area contributed by atoms with E-state index in [1.165, 1.54) is 7.11 Å². The molecule has 1 aliphatic rings. The van der Waals surface area contributed by atoms with Crippen molar-refractivity contribution in [2.45, 2.75) is 39.5 Å². The predicted octanol–water partition coefficient (Wildman–Crippen LogP) is 1.94. The molecule has 0 amide bonds. The second kappa shape index (κ2) is 4.11. The van der Waals surface area contributed by atoms with E-state index in [2.05, 4.69) is 0 Å². The summed E-state index contributed by atoms with van der Waals surface area (Å²) < 4.78 is 4.76. The lowest BCUT2D eigenvalue weighted by molar-refractivity contribution is -0.154. The Balaban J connectivity index is 2.57. The molecule has 1 fully saturated rings. The van der Waals surface area contributed by atoms with Gasteiger partial charge in [-0.3, -0.25) is 9.59 Å². The Morgan fingerprint density at radius 1 is 1.29 bits per heavy atom. The number of hydrogen-bond donors (Lipinski definition) is 0. The average molecular weight is 198 g/mol. The number of Topliss-reactive ketones (excluding diaryl/α,β-unsaturated/α-hetero) is 1. The highest BCUT2D eigenvalue weighted by Gasteiger charge is 2.39. The number of esters is 1. The third-order valence-electron chi connectivity index (χ3n) is 3.34. The lowest BCUT2D eigenvalue weighted by Crippen LogP contribution is -2.35. The first-order chi connectivity index (χ1) is 6.49. The van der Waals surface area contributed by atoms with Gasteiger partial charge >= 0.3 is 5.97 Å². The Bertz CT molecular complexity index is 237. The highest BCUT2D eigenvalue weighted by Crippen LogP contribution is 2.39. The SMILES string of the molecule is COC(=O)C1(C)CCC(C(C)=O)CC1. The number of ether oxygens (including phenoxy) is 1. The molecular formula is C11H18O3. The summed E-state index contributed by atoms with van der Waals surface area (Å²) >= 11 is 0. The zero-order valence-corrected chi connectivity index (χ0v) is 9.13. The third kappa shape index (κ3) is 2.14. The fourth-order valence-corrected chi connectivity index (χ4v) is 2.11. The number of ketones is 1. The van der Waals surface area contributed by atoms with Crippen LogP contribution in [0.3, 0.4) is 0 Å². The number of rotatable bonds is 2. The molecule has 3 heteroatoms. The van der Waals surface area contributed by atoms with Crippen molar-refractivity contribution in [2.75, 3.05) is 7.11 Å². The van der Waals surface area contributed by atoms with Gasteiger partial charge < -0.3 is 4.74 Å². The van der Waals surface area contributed by atoms with Gasteiger partial charge in [0.05, 0.1) is 12.5 Å². The largest absolute Gasteiger partial charge is 0.469 e. The quantitative estimate of drug-likeness (QED) is 0.637. The summed E-state index contributed by atoms with van der Waals surface area (Å²) in [6.07, 6.45) is 3.18. The minimum atomic E-state index is -0.360. The van der Waals surface area contributed by atoms with Crippen LogP contribution >= 0.6 is 0 Å². The molecule has 0 aromatic carbocycles. The van der Waals surface area contributed by atoms with E-state index in [-0.39, 0.29) is 23.1 Å². The lowest BCUT2D eigenvalue weighted by Gasteiger charge is -2.33. The topological polar surface area (TPSA) is 43.4 Å². The van der Waals surface area contributed by atoms with Gasteiger partial charge in [0.1, 0.15) is 5.78 Å². The van der Waals surface area contributed by atoms with Crippen LogP contribution in [0.1, 0.15) is 39.5 Å². The van der Waals surface area contributed by atoms with Crippen LogP contribution in [0.25, 0.3) is 0 Å². The molecular weight excluding hydrogens is 180 g/mol. The molecule has 14 heavy (non-hydrogen) atoms. The monoisotopic (exact) mass is 198 g/mol. The molecule has 0 radical (unpaired) electrons. The van der Waals surface area contributed by atoms with Crippen LogP contribution in [0.15, 0.2) is 0 Å². The van der Waals surface area contributed by atoms with Gasteiger partial charge in [-0.15, -0.1) is 0 Å². The standard InChI is InChI=1S/C11H18O3/c1-8(12)9-4-6-11(2,7-5-9)10(13)14-3/h9H,4-7H2,1-3H3. The smallest absolute Gasteiger partial charge is 0.311 e. The van der Waals surface area contributed by atoms with Gasteiger partial charge in [0.2, 0.25) is 0 Å². The van der Waals surface area contributed by atoms with E-state index >= 15 is 0 Å². The predicted molar refractivity (Wildman–Crippen MR) is 52.8 cm³/mol. The first-order valence-electron chi connectivity index (χ1n) is 5.08. The van der Waals surface area contributed by atoms with Crippen LogP contribution in [-0.2, 0) is 14.3 Å². The van der Waals surface area contributed by atoms with Crippen molar-refractivity contribution in [3.05, 3.63) is 0 Å². The molecule has 0 saturated heterocycles. The highest BCUT2D eigenvalue weighted by molar-refractivity contribution is 5.80. The molecule has 0 aromatic rings. The Hall–Kier alpha value is -0.860. The summed E-state index contributed by atoms with van der Waals surface area (Å²) in [6, 6.07) is 0. The Kier molecular flexibility index (Phi) is 3.29. The molecule has 0 N–H and O–H groups in total. The van der Waals surface area contributed by atoms with Crippen molar-refractivity contribution in [3.8, 4) is 0 Å². The van der Waals surface area contributed by atoms with Crippen LogP contribution in [0.2, 0.25) is 0 Å². The molecule has 80 valence electrons. The van der Waals surface area contributed by atoms with Crippen LogP contribution in [0.5, 0.6) is 0 Å². The van der Waals surface area contributed by atoms with Gasteiger partial charge in [0.25, 0.3) is 0 Å². The molecule has 0 unspecified atom stereocenters. The van der Waals surface area contributed by atoms with E-state index in [1.54, 1.807) is 6.92 Å². The molecule has 0 atom stereocenters. The minimum Gasteiger partial charge on any atom is -0.469 e. The fraction of sp³-hybridized carbons (Fsp3) is 0.818. The number of methoxy groups -OCH3 is 1. The van der Waals surface area contributed by atoms with E-state index in [0.29, 0.717) is 0 Å². The molecule has 1 rings (SSSR count). The Morgan fingerprint density at radius 3 is 2.14 bits per heavy atom. The molecule has 0 heterocycles. The lowest BCUT2D eigenvalue weighted by atomic mass is 9.71. The van der Waals surface area contributed by atoms with Crippen LogP contribution in [-0.4, -0.2) is 18.9 Å². The summed E-state index contributed by atoms with van der Waals surface area (Å²) in [6.45, 7) is 3.56. The molecule has 1 aliphatic carbocycles. The molecule has 1 saturated carbocycles. The third-order valence-corrected chi connectivity index (χ3v) is 3.34. The molecule has 0 aliphatic heterocycles. The van der Waals surface area contributed by atoms with Gasteiger partial charge in [0.15, 0.2) is 0 Å². The van der Waals surface area contributed by atoms with Crippen molar-refractivity contribution < 1.29 is 14.3 Å². The summed E-state index contributed by atoms with van der Waals surface area (Å²) in [7, 11) is 1.42. The maximum atomic E-state index is 11.5. The number of carbonyl (C=O) groups excluding carboxylic acids is 2. The van der Waals surface area contributed by atoms with E-state index in [4.69, 9.17) is 4.74 Å². The average Bonchev–Trinajstić information content (AvgIpc) is 2.17.